The van der Waals surface area contributed by atoms with E-state index in [-0.39, 0.29) is 23.8 Å². The molecule has 0 spiro atoms. The van der Waals surface area contributed by atoms with E-state index >= 15 is 0 Å². The smallest absolute Gasteiger partial charge is 0.224 e. The molecule has 0 aliphatic heterocycles. The molecule has 0 aliphatic rings. The molecule has 5 nitrogen and oxygen atoms in total. The summed E-state index contributed by atoms with van der Waals surface area (Å²) in [4.78, 5) is 25.1. The number of hydrogen-bond donors (Lipinski definition) is 2. The van der Waals surface area contributed by atoms with Crippen LogP contribution in [0.1, 0.15) is 40.5 Å². The maximum absolute atomic E-state index is 11.7. The standard InChI is InChI=1S/C13H27N3O2/c1-5-16(6-2)12(17)8-7-9-15-13(18)10(3)11(4)14/h10-11H,5-9,14H2,1-4H3,(H,15,18). The van der Waals surface area contributed by atoms with E-state index in [0.29, 0.717) is 19.4 Å². The second-order valence-corrected chi connectivity index (χ2v) is 4.61. The van der Waals surface area contributed by atoms with E-state index < -0.39 is 0 Å². The largest absolute Gasteiger partial charge is 0.356 e. The Morgan fingerprint density at radius 3 is 2.22 bits per heavy atom. The van der Waals surface area contributed by atoms with Gasteiger partial charge in [-0.3, -0.25) is 9.59 Å². The van der Waals surface area contributed by atoms with Gasteiger partial charge >= 0.3 is 0 Å². The molecule has 18 heavy (non-hydrogen) atoms. The molecule has 3 N–H and O–H groups in total. The van der Waals surface area contributed by atoms with E-state index in [2.05, 4.69) is 5.32 Å². The minimum Gasteiger partial charge on any atom is -0.356 e. The number of nitrogens with one attached hydrogen (secondary N) is 1. The number of amides is 2. The summed E-state index contributed by atoms with van der Waals surface area (Å²) >= 11 is 0. The first kappa shape index (κ1) is 16.9. The normalized spacial score (nSPS) is 13.8. The summed E-state index contributed by atoms with van der Waals surface area (Å²) in [7, 11) is 0. The van der Waals surface area contributed by atoms with E-state index in [1.807, 2.05) is 20.8 Å². The first-order valence-corrected chi connectivity index (χ1v) is 6.75. The van der Waals surface area contributed by atoms with Crippen LogP contribution in [0.5, 0.6) is 0 Å². The van der Waals surface area contributed by atoms with Crippen molar-refractivity contribution in [1.29, 1.82) is 0 Å². The van der Waals surface area contributed by atoms with Crippen LogP contribution in [0.3, 0.4) is 0 Å². The molecule has 0 aliphatic carbocycles. The molecule has 0 saturated carbocycles. The number of hydrogen-bond acceptors (Lipinski definition) is 3. The van der Waals surface area contributed by atoms with Crippen molar-refractivity contribution in [1.82, 2.24) is 10.2 Å². The Labute approximate surface area is 110 Å². The van der Waals surface area contributed by atoms with E-state index in [0.717, 1.165) is 13.1 Å². The molecule has 0 fully saturated rings. The monoisotopic (exact) mass is 257 g/mol. The minimum absolute atomic E-state index is 0.0414. The summed E-state index contributed by atoms with van der Waals surface area (Å²) in [6, 6.07) is -0.151. The van der Waals surface area contributed by atoms with Gasteiger partial charge in [0, 0.05) is 38.0 Å². The van der Waals surface area contributed by atoms with Gasteiger partial charge in [0.05, 0.1) is 0 Å². The molecule has 106 valence electrons. The SMILES string of the molecule is CCN(CC)C(=O)CCCNC(=O)C(C)C(C)N. The van der Waals surface area contributed by atoms with Gasteiger partial charge in [-0.2, -0.15) is 0 Å². The van der Waals surface area contributed by atoms with Gasteiger partial charge in [-0.05, 0) is 27.2 Å². The highest BCUT2D eigenvalue weighted by Gasteiger charge is 2.16. The highest BCUT2D eigenvalue weighted by atomic mass is 16.2. The van der Waals surface area contributed by atoms with Crippen LogP contribution in [-0.4, -0.2) is 42.4 Å². The van der Waals surface area contributed by atoms with Crippen molar-refractivity contribution < 1.29 is 9.59 Å². The molecule has 0 aromatic rings. The third-order valence-corrected chi connectivity index (χ3v) is 3.19. The fourth-order valence-electron chi connectivity index (χ4n) is 1.59. The van der Waals surface area contributed by atoms with Crippen molar-refractivity contribution in [2.24, 2.45) is 11.7 Å². The number of carbonyl (C=O) groups is 2. The van der Waals surface area contributed by atoms with Crippen LogP contribution in [0, 0.1) is 5.92 Å². The molecular formula is C13H27N3O2. The van der Waals surface area contributed by atoms with Gasteiger partial charge < -0.3 is 16.0 Å². The molecule has 0 bridgehead atoms. The molecule has 2 unspecified atom stereocenters. The maximum atomic E-state index is 11.7. The summed E-state index contributed by atoms with van der Waals surface area (Å²) in [5.41, 5.74) is 5.64. The lowest BCUT2D eigenvalue weighted by molar-refractivity contribution is -0.131. The van der Waals surface area contributed by atoms with Gasteiger partial charge in [0.1, 0.15) is 0 Å². The molecule has 0 heterocycles. The van der Waals surface area contributed by atoms with E-state index in [4.69, 9.17) is 5.73 Å². The van der Waals surface area contributed by atoms with Crippen LogP contribution >= 0.6 is 0 Å². The second kappa shape index (κ2) is 8.91. The van der Waals surface area contributed by atoms with Crippen LogP contribution in [0.4, 0.5) is 0 Å². The second-order valence-electron chi connectivity index (χ2n) is 4.61. The minimum atomic E-state index is -0.191. The summed E-state index contributed by atoms with van der Waals surface area (Å²) < 4.78 is 0. The first-order valence-electron chi connectivity index (χ1n) is 6.75. The van der Waals surface area contributed by atoms with Crippen molar-refractivity contribution in [3.63, 3.8) is 0 Å². The van der Waals surface area contributed by atoms with Crippen molar-refractivity contribution in [2.45, 2.75) is 46.6 Å². The molecule has 0 aromatic heterocycles. The summed E-state index contributed by atoms with van der Waals surface area (Å²) in [5.74, 6) is -0.0849. The number of nitrogens with zero attached hydrogens (tertiary/aromatic N) is 1. The van der Waals surface area contributed by atoms with E-state index in [9.17, 15) is 9.59 Å². The lowest BCUT2D eigenvalue weighted by Gasteiger charge is -2.19. The molecule has 0 radical (unpaired) electrons. The van der Waals surface area contributed by atoms with Crippen molar-refractivity contribution in [3.05, 3.63) is 0 Å². The Bertz CT molecular complexity index is 247. The molecule has 0 saturated heterocycles. The van der Waals surface area contributed by atoms with Crippen molar-refractivity contribution in [2.75, 3.05) is 19.6 Å². The van der Waals surface area contributed by atoms with Gasteiger partial charge in [-0.25, -0.2) is 0 Å². The average Bonchev–Trinajstić information content (AvgIpc) is 2.34. The van der Waals surface area contributed by atoms with Gasteiger partial charge in [0.25, 0.3) is 0 Å². The third-order valence-electron chi connectivity index (χ3n) is 3.19. The Hall–Kier alpha value is -1.10. The van der Waals surface area contributed by atoms with Gasteiger partial charge in [-0.15, -0.1) is 0 Å². The van der Waals surface area contributed by atoms with Crippen LogP contribution in [0.2, 0.25) is 0 Å². The molecule has 0 rings (SSSR count). The predicted molar refractivity (Wildman–Crippen MR) is 73.0 cm³/mol. The Kier molecular flexibility index (Phi) is 8.37. The van der Waals surface area contributed by atoms with Gasteiger partial charge in [0.2, 0.25) is 11.8 Å². The zero-order valence-corrected chi connectivity index (χ0v) is 12.0. The highest BCUT2D eigenvalue weighted by Crippen LogP contribution is 2.00. The van der Waals surface area contributed by atoms with Crippen LogP contribution in [-0.2, 0) is 9.59 Å². The van der Waals surface area contributed by atoms with Crippen LogP contribution in [0.25, 0.3) is 0 Å². The molecular weight excluding hydrogens is 230 g/mol. The topological polar surface area (TPSA) is 75.4 Å². The fourth-order valence-corrected chi connectivity index (χ4v) is 1.59. The average molecular weight is 257 g/mol. The molecule has 2 amide bonds. The first-order chi connectivity index (χ1) is 8.43. The zero-order valence-electron chi connectivity index (χ0n) is 12.0. The maximum Gasteiger partial charge on any atom is 0.224 e. The Morgan fingerprint density at radius 2 is 1.78 bits per heavy atom. The molecule has 5 heteroatoms. The summed E-state index contributed by atoms with van der Waals surface area (Å²) in [5, 5.41) is 2.80. The van der Waals surface area contributed by atoms with Crippen molar-refractivity contribution in [3.8, 4) is 0 Å². The van der Waals surface area contributed by atoms with E-state index in [1.165, 1.54) is 0 Å². The quantitative estimate of drug-likeness (QED) is 0.630. The highest BCUT2D eigenvalue weighted by molar-refractivity contribution is 5.79. The van der Waals surface area contributed by atoms with Gasteiger partial charge in [0.15, 0.2) is 0 Å². The van der Waals surface area contributed by atoms with Crippen LogP contribution < -0.4 is 11.1 Å². The van der Waals surface area contributed by atoms with Crippen molar-refractivity contribution >= 4 is 11.8 Å². The van der Waals surface area contributed by atoms with Gasteiger partial charge in [-0.1, -0.05) is 6.92 Å². The van der Waals surface area contributed by atoms with E-state index in [1.54, 1.807) is 11.8 Å². The Balaban J connectivity index is 3.80. The predicted octanol–water partition coefficient (Wildman–Crippen LogP) is 0.735. The molecule has 2 atom stereocenters. The lowest BCUT2D eigenvalue weighted by atomic mass is 10.0. The summed E-state index contributed by atoms with van der Waals surface area (Å²) in [6.45, 7) is 9.56. The molecule has 0 aromatic carbocycles. The number of nitrogens with two attached hydrogens (primary N) is 1. The van der Waals surface area contributed by atoms with Crippen LogP contribution in [0.15, 0.2) is 0 Å². The number of rotatable bonds is 8. The summed E-state index contributed by atoms with van der Waals surface area (Å²) in [6.07, 6.45) is 1.15. The fraction of sp³-hybridized carbons (Fsp3) is 0.846. The number of carbonyl (C=O) groups excluding carboxylic acids is 2. The lowest BCUT2D eigenvalue weighted by Crippen LogP contribution is -2.39. The zero-order chi connectivity index (χ0) is 14.1. The third kappa shape index (κ3) is 6.00. The Morgan fingerprint density at radius 1 is 1.22 bits per heavy atom.